The number of ether oxygens (including phenoxy) is 2. The van der Waals surface area contributed by atoms with E-state index in [1.165, 1.54) is 0 Å². The molecule has 1 atom stereocenters. The number of aliphatic hydroxyl groups excluding tert-OH is 1. The second-order valence-corrected chi connectivity index (χ2v) is 8.53. The molecule has 182 valence electrons. The van der Waals surface area contributed by atoms with E-state index in [0.29, 0.717) is 43.2 Å². The van der Waals surface area contributed by atoms with Gasteiger partial charge in [0.1, 0.15) is 17.3 Å². The predicted octanol–water partition coefficient (Wildman–Crippen LogP) is 4.25. The van der Waals surface area contributed by atoms with Crippen LogP contribution in [0.15, 0.2) is 54.1 Å². The highest BCUT2D eigenvalue weighted by Crippen LogP contribution is 2.40. The van der Waals surface area contributed by atoms with Crippen LogP contribution in [-0.2, 0) is 9.59 Å². The van der Waals surface area contributed by atoms with Crippen molar-refractivity contribution in [1.82, 2.24) is 9.80 Å². The van der Waals surface area contributed by atoms with Crippen molar-refractivity contribution in [3.05, 3.63) is 65.2 Å². The van der Waals surface area contributed by atoms with E-state index in [-0.39, 0.29) is 11.3 Å². The van der Waals surface area contributed by atoms with E-state index in [9.17, 15) is 14.7 Å². The van der Waals surface area contributed by atoms with Crippen LogP contribution in [0.4, 0.5) is 0 Å². The Kier molecular flexibility index (Phi) is 8.71. The van der Waals surface area contributed by atoms with Gasteiger partial charge in [0.25, 0.3) is 11.7 Å². The molecule has 0 aromatic heterocycles. The molecule has 7 nitrogen and oxygen atoms in total. The lowest BCUT2D eigenvalue weighted by Gasteiger charge is -2.26. The van der Waals surface area contributed by atoms with Crippen LogP contribution in [0, 0.1) is 0 Å². The Bertz CT molecular complexity index is 1030. The normalized spacial score (nSPS) is 17.4. The summed E-state index contributed by atoms with van der Waals surface area (Å²) in [5.41, 5.74) is 1.27. The van der Waals surface area contributed by atoms with Crippen molar-refractivity contribution in [3.8, 4) is 11.5 Å². The highest BCUT2D eigenvalue weighted by molar-refractivity contribution is 6.46. The summed E-state index contributed by atoms with van der Waals surface area (Å²) in [6.45, 7) is 6.19. The average Bonchev–Trinajstić information content (AvgIpc) is 3.08. The molecular weight excluding hydrogens is 432 g/mol. The number of carbonyl (C=O) groups is 2. The third kappa shape index (κ3) is 5.78. The van der Waals surface area contributed by atoms with Crippen LogP contribution < -0.4 is 9.47 Å². The van der Waals surface area contributed by atoms with Gasteiger partial charge in [-0.1, -0.05) is 19.1 Å². The van der Waals surface area contributed by atoms with E-state index in [4.69, 9.17) is 9.47 Å². The number of amides is 1. The minimum atomic E-state index is -0.696. The summed E-state index contributed by atoms with van der Waals surface area (Å²) < 4.78 is 11.3. The summed E-state index contributed by atoms with van der Waals surface area (Å²) >= 11 is 0. The second-order valence-electron chi connectivity index (χ2n) is 8.53. The van der Waals surface area contributed by atoms with E-state index in [0.717, 1.165) is 18.5 Å². The zero-order chi connectivity index (χ0) is 24.7. The topological polar surface area (TPSA) is 79.3 Å². The third-order valence-electron chi connectivity index (χ3n) is 5.63. The first-order valence-corrected chi connectivity index (χ1v) is 11.8. The fourth-order valence-electron chi connectivity index (χ4n) is 4.04. The smallest absolute Gasteiger partial charge is 0.295 e. The molecule has 2 aromatic carbocycles. The first-order chi connectivity index (χ1) is 16.4. The number of carbonyl (C=O) groups excluding carboxylic acids is 2. The van der Waals surface area contributed by atoms with Crippen molar-refractivity contribution in [2.45, 2.75) is 32.7 Å². The number of likely N-dealkylation sites (tertiary alicyclic amines) is 1. The average molecular weight is 467 g/mol. The molecule has 1 fully saturated rings. The molecule has 0 aliphatic carbocycles. The minimum absolute atomic E-state index is 0.0886. The molecule has 1 N–H and O–H groups in total. The van der Waals surface area contributed by atoms with Crippen LogP contribution in [0.25, 0.3) is 5.76 Å². The molecule has 1 heterocycles. The van der Waals surface area contributed by atoms with Crippen LogP contribution >= 0.6 is 0 Å². The molecule has 2 aromatic rings. The summed E-state index contributed by atoms with van der Waals surface area (Å²) in [6, 6.07) is 13.6. The maximum atomic E-state index is 13.2. The Labute approximate surface area is 201 Å². The van der Waals surface area contributed by atoms with Gasteiger partial charge in [-0.25, -0.2) is 0 Å². The molecule has 0 spiro atoms. The van der Waals surface area contributed by atoms with Gasteiger partial charge in [0.2, 0.25) is 0 Å². The van der Waals surface area contributed by atoms with Gasteiger partial charge < -0.3 is 24.4 Å². The molecule has 34 heavy (non-hydrogen) atoms. The maximum Gasteiger partial charge on any atom is 0.295 e. The van der Waals surface area contributed by atoms with Gasteiger partial charge in [-0.15, -0.1) is 0 Å². The molecule has 0 saturated carbocycles. The highest BCUT2D eigenvalue weighted by atomic mass is 16.5. The van der Waals surface area contributed by atoms with Gasteiger partial charge in [0, 0.05) is 12.1 Å². The molecule has 0 radical (unpaired) electrons. The van der Waals surface area contributed by atoms with Crippen LogP contribution in [0.3, 0.4) is 0 Å². The highest BCUT2D eigenvalue weighted by Gasteiger charge is 2.45. The van der Waals surface area contributed by atoms with Crippen molar-refractivity contribution < 1.29 is 24.2 Å². The van der Waals surface area contributed by atoms with Gasteiger partial charge in [0.05, 0.1) is 24.8 Å². The summed E-state index contributed by atoms with van der Waals surface area (Å²) in [4.78, 5) is 29.8. The Balaban J connectivity index is 2.04. The lowest BCUT2D eigenvalue weighted by atomic mass is 9.95. The summed E-state index contributed by atoms with van der Waals surface area (Å²) in [7, 11) is 3.93. The minimum Gasteiger partial charge on any atom is -0.507 e. The molecule has 1 unspecified atom stereocenters. The van der Waals surface area contributed by atoms with E-state index in [2.05, 4.69) is 0 Å². The quantitative estimate of drug-likeness (QED) is 0.303. The fourth-order valence-corrected chi connectivity index (χ4v) is 4.04. The number of benzene rings is 2. The number of Topliss-reactive ketones (excluding diaryl/α,β-unsaturated/α-hetero) is 1. The van der Waals surface area contributed by atoms with Gasteiger partial charge in [-0.05, 0) is 82.4 Å². The summed E-state index contributed by atoms with van der Waals surface area (Å²) in [5.74, 6) is -0.141. The lowest BCUT2D eigenvalue weighted by molar-refractivity contribution is -0.139. The Morgan fingerprint density at radius 3 is 2.41 bits per heavy atom. The fraction of sp³-hybridized carbons (Fsp3) is 0.407. The van der Waals surface area contributed by atoms with Crippen molar-refractivity contribution >= 4 is 17.4 Å². The second kappa shape index (κ2) is 11.7. The van der Waals surface area contributed by atoms with Gasteiger partial charge in [0.15, 0.2) is 0 Å². The first kappa shape index (κ1) is 25.3. The molecule has 1 saturated heterocycles. The van der Waals surface area contributed by atoms with Crippen molar-refractivity contribution in [1.29, 1.82) is 0 Å². The van der Waals surface area contributed by atoms with Crippen LogP contribution in [-0.4, -0.2) is 67.0 Å². The standard InChI is InChI=1S/C27H34N2O5/c1-5-17-34-21-13-11-19(12-14-21)25(30)23-24(20-9-7-10-22(18-20)33-6-2)29(27(32)26(23)31)16-8-15-28(3)4/h7,9-14,18,24,30H,5-6,8,15-17H2,1-4H3/b25-23-. The van der Waals surface area contributed by atoms with Crippen molar-refractivity contribution in [3.63, 3.8) is 0 Å². The zero-order valence-corrected chi connectivity index (χ0v) is 20.4. The van der Waals surface area contributed by atoms with Crippen LogP contribution in [0.1, 0.15) is 43.9 Å². The Morgan fingerprint density at radius 2 is 1.76 bits per heavy atom. The van der Waals surface area contributed by atoms with Crippen molar-refractivity contribution in [2.24, 2.45) is 0 Å². The van der Waals surface area contributed by atoms with E-state index in [1.54, 1.807) is 29.2 Å². The monoisotopic (exact) mass is 466 g/mol. The Hall–Kier alpha value is -3.32. The Morgan fingerprint density at radius 1 is 1.03 bits per heavy atom. The van der Waals surface area contributed by atoms with E-state index >= 15 is 0 Å². The lowest BCUT2D eigenvalue weighted by Crippen LogP contribution is -2.32. The number of nitrogens with zero attached hydrogens (tertiary/aromatic N) is 2. The molecule has 1 amide bonds. The first-order valence-electron chi connectivity index (χ1n) is 11.8. The number of ketones is 1. The van der Waals surface area contributed by atoms with Crippen molar-refractivity contribution in [2.75, 3.05) is 40.4 Å². The van der Waals surface area contributed by atoms with Gasteiger partial charge in [-0.2, -0.15) is 0 Å². The third-order valence-corrected chi connectivity index (χ3v) is 5.63. The summed E-state index contributed by atoms with van der Waals surface area (Å²) in [5, 5.41) is 11.2. The molecule has 1 aliphatic heterocycles. The van der Waals surface area contributed by atoms with E-state index in [1.807, 2.05) is 57.1 Å². The molecule has 0 bridgehead atoms. The van der Waals surface area contributed by atoms with Gasteiger partial charge in [-0.3, -0.25) is 9.59 Å². The number of rotatable bonds is 11. The SMILES string of the molecule is CCCOc1ccc(/C(O)=C2/C(=O)C(=O)N(CCCN(C)C)C2c2cccc(OCC)c2)cc1. The molecule has 1 aliphatic rings. The molecule has 7 heteroatoms. The molecular formula is C27H34N2O5. The largest absolute Gasteiger partial charge is 0.507 e. The van der Waals surface area contributed by atoms with Gasteiger partial charge >= 0.3 is 0 Å². The summed E-state index contributed by atoms with van der Waals surface area (Å²) in [6.07, 6.45) is 1.59. The number of hydrogen-bond donors (Lipinski definition) is 1. The molecule has 3 rings (SSSR count). The number of hydrogen-bond acceptors (Lipinski definition) is 6. The predicted molar refractivity (Wildman–Crippen MR) is 132 cm³/mol. The van der Waals surface area contributed by atoms with E-state index < -0.39 is 17.7 Å². The zero-order valence-electron chi connectivity index (χ0n) is 20.4. The number of aliphatic hydroxyl groups is 1. The van der Waals surface area contributed by atoms with Crippen LogP contribution in [0.5, 0.6) is 11.5 Å². The van der Waals surface area contributed by atoms with Crippen LogP contribution in [0.2, 0.25) is 0 Å². The maximum absolute atomic E-state index is 13.2.